The molecule has 4 heterocycles. The number of aromatic nitrogens is 4. The van der Waals surface area contributed by atoms with Crippen molar-refractivity contribution in [3.05, 3.63) is 106 Å². The third-order valence-electron chi connectivity index (χ3n) is 15.7. The van der Waals surface area contributed by atoms with Crippen molar-refractivity contribution in [3.8, 4) is 12.1 Å². The molecule has 374 valence electrons. The number of allylic oxidation sites excluding steroid dienone is 4. The van der Waals surface area contributed by atoms with Gasteiger partial charge < -0.3 is 30.4 Å². The van der Waals surface area contributed by atoms with Crippen molar-refractivity contribution in [1.29, 1.82) is 10.5 Å². The van der Waals surface area contributed by atoms with Crippen LogP contribution in [-0.2, 0) is 15.6 Å². The van der Waals surface area contributed by atoms with Gasteiger partial charge in [-0.25, -0.2) is 9.97 Å². The first kappa shape index (κ1) is 51.4. The lowest BCUT2D eigenvalue weighted by Crippen LogP contribution is -2.51. The zero-order valence-corrected chi connectivity index (χ0v) is 43.6. The molecule has 0 radical (unpaired) electrons. The average molecular weight is 978 g/mol. The fourth-order valence-corrected chi connectivity index (χ4v) is 11.8. The van der Waals surface area contributed by atoms with Crippen molar-refractivity contribution in [2.75, 3.05) is 74.5 Å². The number of carbonyl (C=O) groups excluding carboxylic acids is 3. The van der Waals surface area contributed by atoms with Crippen LogP contribution in [0.15, 0.2) is 60.9 Å². The Bertz CT molecular complexity index is 2780. The Morgan fingerprint density at radius 2 is 1.27 bits per heavy atom. The number of piperazine rings is 1. The Hall–Kier alpha value is -6.00. The molecule has 2 aromatic heterocycles. The number of imidazole rings is 2. The summed E-state index contributed by atoms with van der Waals surface area (Å²) < 4.78 is 0. The van der Waals surface area contributed by atoms with Gasteiger partial charge in [-0.2, -0.15) is 22.3 Å². The van der Waals surface area contributed by atoms with Crippen LogP contribution in [0, 0.1) is 33.5 Å². The van der Waals surface area contributed by atoms with Crippen LogP contribution < -0.4 is 10.6 Å². The first-order valence-corrected chi connectivity index (χ1v) is 26.5. The summed E-state index contributed by atoms with van der Waals surface area (Å²) in [5.74, 6) is 1.83. The second-order valence-corrected chi connectivity index (χ2v) is 23.6. The third-order valence-corrected chi connectivity index (χ3v) is 16.7. The number of nitrogens with zero attached hydrogens (tertiary/aromatic N) is 7. The topological polar surface area (TPSA) is 190 Å². The fraction of sp³-hybridized carbons (Fsp3) is 0.518. The number of aromatic amines is 2. The second-order valence-electron chi connectivity index (χ2n) is 22.4. The zero-order chi connectivity index (χ0) is 50.6. The van der Waals surface area contributed by atoms with E-state index in [1.54, 1.807) is 6.92 Å². The summed E-state index contributed by atoms with van der Waals surface area (Å²) in [6.07, 6.45) is 15.0. The van der Waals surface area contributed by atoms with Crippen molar-refractivity contribution >= 4 is 52.0 Å². The number of hydrogen-bond donors (Lipinski definition) is 4. The van der Waals surface area contributed by atoms with Gasteiger partial charge in [-0.05, 0) is 109 Å². The first-order valence-electron chi connectivity index (χ1n) is 25.3. The maximum atomic E-state index is 13.6. The molecule has 2 aliphatic heterocycles. The van der Waals surface area contributed by atoms with Gasteiger partial charge in [0, 0.05) is 104 Å². The highest BCUT2D eigenvalue weighted by Crippen LogP contribution is 2.48. The van der Waals surface area contributed by atoms with Gasteiger partial charge in [0.2, 0.25) is 5.91 Å². The van der Waals surface area contributed by atoms with E-state index in [1.165, 1.54) is 34.7 Å². The molecule has 3 amide bonds. The molecule has 71 heavy (non-hydrogen) atoms. The molecule has 2 unspecified atom stereocenters. The van der Waals surface area contributed by atoms with Crippen molar-refractivity contribution in [2.24, 2.45) is 10.8 Å². The smallest absolute Gasteiger partial charge is 0.291 e. The van der Waals surface area contributed by atoms with E-state index in [4.69, 9.17) is 0 Å². The minimum absolute atomic E-state index is 0.00602. The van der Waals surface area contributed by atoms with Crippen molar-refractivity contribution < 1.29 is 14.4 Å². The average Bonchev–Trinajstić information content (AvgIpc) is 4.06. The predicted octanol–water partition coefficient (Wildman–Crippen LogP) is 9.78. The van der Waals surface area contributed by atoms with E-state index >= 15 is 0 Å². The highest BCUT2D eigenvalue weighted by atomic mass is 32.2. The summed E-state index contributed by atoms with van der Waals surface area (Å²) in [4.78, 5) is 60.6. The number of nitrogens with one attached hydrogen (secondary N) is 4. The van der Waals surface area contributed by atoms with Crippen molar-refractivity contribution in [2.45, 2.75) is 111 Å². The van der Waals surface area contributed by atoms with Gasteiger partial charge >= 0.3 is 0 Å². The van der Waals surface area contributed by atoms with Gasteiger partial charge in [-0.1, -0.05) is 65.8 Å². The molecule has 2 aliphatic carbocycles. The fourth-order valence-electron chi connectivity index (χ4n) is 10.8. The Kier molecular flexibility index (Phi) is 15.5. The van der Waals surface area contributed by atoms with Crippen LogP contribution in [0.2, 0.25) is 0 Å². The molecule has 2 fully saturated rings. The van der Waals surface area contributed by atoms with Gasteiger partial charge in [0.25, 0.3) is 11.8 Å². The van der Waals surface area contributed by atoms with Crippen LogP contribution in [-0.4, -0.2) is 116 Å². The van der Waals surface area contributed by atoms with Gasteiger partial charge in [-0.15, -0.1) is 0 Å². The standard InChI is InChI=1S/C56H71N11O3S/c1-38(68)67-24-22-65(23-25-67)37-56(7,42-9-11-48(64-52(70)50-60-35-44(33-58)62-50)46(31-42)39-12-16-53(2,3)17-13-39)21-20-55(6)18-14-40(15-19-55)45-30-41(54(4,5)36-66-26-28-71-29-27-66)8-10-47(45)63-51(69)49-59-34-43(32-57)61-49/h8-12,14,30-31,34-35H,13,15-29,36-37H2,1-7H3,(H,59,61)(H,60,62)(H,63,69)(H,64,70). The quantitative estimate of drug-likeness (QED) is 0.0892. The van der Waals surface area contributed by atoms with Crippen LogP contribution in [0.4, 0.5) is 11.4 Å². The molecule has 0 bridgehead atoms. The molecule has 0 saturated carbocycles. The third kappa shape index (κ3) is 12.4. The van der Waals surface area contributed by atoms with E-state index in [0.29, 0.717) is 13.1 Å². The highest BCUT2D eigenvalue weighted by Gasteiger charge is 2.37. The largest absolute Gasteiger partial charge is 0.340 e. The summed E-state index contributed by atoms with van der Waals surface area (Å²) in [6.45, 7) is 22.7. The second kappa shape index (κ2) is 21.4. The number of thioether (sulfide) groups is 1. The van der Waals surface area contributed by atoms with Crippen molar-refractivity contribution in [3.63, 3.8) is 0 Å². The molecule has 2 atom stereocenters. The molecule has 4 N–H and O–H groups in total. The highest BCUT2D eigenvalue weighted by molar-refractivity contribution is 7.99. The summed E-state index contributed by atoms with van der Waals surface area (Å²) in [5.41, 5.74) is 8.65. The molecule has 0 spiro atoms. The summed E-state index contributed by atoms with van der Waals surface area (Å²) in [6, 6.07) is 17.1. The van der Waals surface area contributed by atoms with E-state index in [9.17, 15) is 24.9 Å². The normalized spacial score (nSPS) is 20.7. The Morgan fingerprint density at radius 1 is 0.732 bits per heavy atom. The number of nitriles is 2. The first-order chi connectivity index (χ1) is 33.8. The minimum atomic E-state index is -0.394. The number of hydrogen-bond acceptors (Lipinski definition) is 10. The molecule has 4 aliphatic rings. The minimum Gasteiger partial charge on any atom is -0.340 e. The lowest BCUT2D eigenvalue weighted by atomic mass is 9.67. The number of anilines is 2. The van der Waals surface area contributed by atoms with Gasteiger partial charge in [-0.3, -0.25) is 19.3 Å². The Morgan fingerprint density at radius 3 is 1.77 bits per heavy atom. The van der Waals surface area contributed by atoms with Crippen molar-refractivity contribution in [1.82, 2.24) is 34.6 Å². The maximum absolute atomic E-state index is 13.6. The number of benzene rings is 2. The monoisotopic (exact) mass is 978 g/mol. The molecular formula is C56H71N11O3S. The van der Waals surface area contributed by atoms with Crippen LogP contribution >= 0.6 is 11.8 Å². The van der Waals surface area contributed by atoms with Gasteiger partial charge in [0.15, 0.2) is 11.6 Å². The van der Waals surface area contributed by atoms with E-state index < -0.39 is 5.91 Å². The zero-order valence-electron chi connectivity index (χ0n) is 42.8. The van der Waals surface area contributed by atoms with Gasteiger partial charge in [0.1, 0.15) is 23.5 Å². The molecule has 15 heteroatoms. The summed E-state index contributed by atoms with van der Waals surface area (Å²) >= 11 is 2.02. The SMILES string of the molecule is CC(=O)N1CCN(CC(C)(CCC2(C)CC=C(c3cc(C(C)(C)CN4CCSCC4)ccc3NC(=O)c3ncc(C#N)[nH]3)CC2)c2ccc(NC(=O)c3ncc(C#N)[nH]3)c(C3=CCC(C)(C)CC3)c2)CC1. The molecule has 4 aromatic rings. The molecule has 2 saturated heterocycles. The molecule has 14 nitrogen and oxygen atoms in total. The maximum Gasteiger partial charge on any atom is 0.291 e. The summed E-state index contributed by atoms with van der Waals surface area (Å²) in [5, 5.41) is 25.1. The van der Waals surface area contributed by atoms with E-state index in [-0.39, 0.29) is 56.5 Å². The lowest BCUT2D eigenvalue weighted by molar-refractivity contribution is -0.130. The van der Waals surface area contributed by atoms with E-state index in [2.05, 4.69) is 118 Å². The Labute approximate surface area is 424 Å². The van der Waals surface area contributed by atoms with E-state index in [1.807, 2.05) is 40.9 Å². The van der Waals surface area contributed by atoms with Crippen LogP contribution in [0.5, 0.6) is 0 Å². The molecular weight excluding hydrogens is 907 g/mol. The van der Waals surface area contributed by atoms with Crippen LogP contribution in [0.25, 0.3) is 11.1 Å². The van der Waals surface area contributed by atoms with Crippen LogP contribution in [0.3, 0.4) is 0 Å². The summed E-state index contributed by atoms with van der Waals surface area (Å²) in [7, 11) is 0. The number of amides is 3. The predicted molar refractivity (Wildman–Crippen MR) is 283 cm³/mol. The molecule has 2 aromatic carbocycles. The number of rotatable bonds is 15. The lowest BCUT2D eigenvalue weighted by Gasteiger charge is -2.43. The van der Waals surface area contributed by atoms with E-state index in [0.717, 1.165) is 125 Å². The number of carbonyl (C=O) groups is 3. The molecule has 8 rings (SSSR count). The number of H-pyrrole nitrogens is 2. The Balaban J connectivity index is 1.08. The van der Waals surface area contributed by atoms with Crippen LogP contribution in [0.1, 0.15) is 155 Å². The van der Waals surface area contributed by atoms with Gasteiger partial charge in [0.05, 0.1) is 12.4 Å².